The maximum atomic E-state index is 12.7. The summed E-state index contributed by atoms with van der Waals surface area (Å²) in [5.74, 6) is 0.195. The number of carbonyl (C=O) groups is 1. The van der Waals surface area contributed by atoms with Crippen LogP contribution in [0.25, 0.3) is 5.69 Å². The fourth-order valence-electron chi connectivity index (χ4n) is 2.97. The van der Waals surface area contributed by atoms with Crippen LogP contribution >= 0.6 is 11.8 Å². The lowest BCUT2D eigenvalue weighted by Crippen LogP contribution is -2.34. The van der Waals surface area contributed by atoms with Crippen molar-refractivity contribution in [1.82, 2.24) is 19.7 Å². The van der Waals surface area contributed by atoms with Crippen LogP contribution in [0.5, 0.6) is 0 Å². The summed E-state index contributed by atoms with van der Waals surface area (Å²) in [7, 11) is 0. The molecule has 0 fully saturated rings. The van der Waals surface area contributed by atoms with Crippen LogP contribution in [0.1, 0.15) is 18.1 Å². The molecule has 0 aliphatic carbocycles. The van der Waals surface area contributed by atoms with Crippen LogP contribution in [-0.4, -0.2) is 49.6 Å². The Bertz CT molecular complexity index is 898. The molecule has 0 unspecified atom stereocenters. The summed E-state index contributed by atoms with van der Waals surface area (Å²) in [6.07, 6.45) is 2.58. The number of para-hydroxylation sites is 1. The first-order valence-corrected chi connectivity index (χ1v) is 10.2. The standard InChI is InChI=1S/C21H24N4O2S/c1-2-18-10-6-7-11-19(18)25-16-22-23-21(25)28-15-20(27)24(12-13-26)14-17-8-4-3-5-9-17/h3-11,16,26H,2,12-15H2,1H3. The number of benzene rings is 2. The number of hydrogen-bond donors (Lipinski definition) is 1. The molecule has 0 radical (unpaired) electrons. The molecule has 0 bridgehead atoms. The van der Waals surface area contributed by atoms with Crippen molar-refractivity contribution in [2.24, 2.45) is 0 Å². The molecule has 146 valence electrons. The van der Waals surface area contributed by atoms with E-state index in [-0.39, 0.29) is 18.3 Å². The van der Waals surface area contributed by atoms with Crippen LogP contribution in [-0.2, 0) is 17.8 Å². The molecule has 1 heterocycles. The van der Waals surface area contributed by atoms with Crippen LogP contribution in [0, 0.1) is 0 Å². The molecule has 6 nitrogen and oxygen atoms in total. The lowest BCUT2D eigenvalue weighted by Gasteiger charge is -2.21. The molecule has 1 amide bonds. The zero-order valence-corrected chi connectivity index (χ0v) is 16.7. The Labute approximate surface area is 169 Å². The Morgan fingerprint density at radius 1 is 1.14 bits per heavy atom. The van der Waals surface area contributed by atoms with Gasteiger partial charge in [0, 0.05) is 13.1 Å². The molecule has 7 heteroatoms. The van der Waals surface area contributed by atoms with E-state index in [1.807, 2.05) is 53.1 Å². The van der Waals surface area contributed by atoms with Crippen molar-refractivity contribution in [1.29, 1.82) is 0 Å². The predicted molar refractivity (Wildman–Crippen MR) is 110 cm³/mol. The highest BCUT2D eigenvalue weighted by atomic mass is 32.2. The van der Waals surface area contributed by atoms with E-state index in [0.29, 0.717) is 18.2 Å². The van der Waals surface area contributed by atoms with Gasteiger partial charge in [-0.05, 0) is 23.6 Å². The first-order chi connectivity index (χ1) is 13.7. The van der Waals surface area contributed by atoms with Crippen LogP contribution in [0.2, 0.25) is 0 Å². The van der Waals surface area contributed by atoms with Crippen LogP contribution in [0.4, 0.5) is 0 Å². The topological polar surface area (TPSA) is 71.2 Å². The number of amides is 1. The summed E-state index contributed by atoms with van der Waals surface area (Å²) in [6.45, 7) is 2.82. The van der Waals surface area contributed by atoms with Crippen LogP contribution < -0.4 is 0 Å². The third kappa shape index (κ3) is 4.99. The van der Waals surface area contributed by atoms with E-state index in [1.54, 1.807) is 11.2 Å². The van der Waals surface area contributed by atoms with Gasteiger partial charge < -0.3 is 10.0 Å². The lowest BCUT2D eigenvalue weighted by molar-refractivity contribution is -0.129. The van der Waals surface area contributed by atoms with Gasteiger partial charge in [-0.15, -0.1) is 10.2 Å². The van der Waals surface area contributed by atoms with Crippen molar-refractivity contribution in [3.05, 3.63) is 72.1 Å². The average Bonchev–Trinajstić information content (AvgIpc) is 3.21. The van der Waals surface area contributed by atoms with Crippen LogP contribution in [0.3, 0.4) is 0 Å². The molecule has 1 aromatic heterocycles. The SMILES string of the molecule is CCc1ccccc1-n1cnnc1SCC(=O)N(CCO)Cc1ccccc1. The van der Waals surface area contributed by atoms with Crippen molar-refractivity contribution >= 4 is 17.7 Å². The Kier molecular flexibility index (Phi) is 7.22. The third-order valence-electron chi connectivity index (χ3n) is 4.41. The molecule has 3 rings (SSSR count). The van der Waals surface area contributed by atoms with Crippen molar-refractivity contribution < 1.29 is 9.90 Å². The number of carbonyl (C=O) groups excluding carboxylic acids is 1. The molecule has 0 aliphatic heterocycles. The summed E-state index contributed by atoms with van der Waals surface area (Å²) in [6, 6.07) is 17.9. The second-order valence-corrected chi connectivity index (χ2v) is 7.22. The van der Waals surface area contributed by atoms with E-state index in [2.05, 4.69) is 23.2 Å². The van der Waals surface area contributed by atoms with Gasteiger partial charge in [0.1, 0.15) is 6.33 Å². The molecular formula is C21H24N4O2S. The van der Waals surface area contributed by atoms with Gasteiger partial charge in [-0.1, -0.05) is 67.2 Å². The van der Waals surface area contributed by atoms with E-state index in [0.717, 1.165) is 17.7 Å². The average molecular weight is 397 g/mol. The van der Waals surface area contributed by atoms with E-state index in [4.69, 9.17) is 0 Å². The molecule has 0 saturated heterocycles. The summed E-state index contributed by atoms with van der Waals surface area (Å²) in [4.78, 5) is 14.4. The number of rotatable bonds is 9. The van der Waals surface area contributed by atoms with Crippen molar-refractivity contribution in [3.63, 3.8) is 0 Å². The maximum absolute atomic E-state index is 12.7. The van der Waals surface area contributed by atoms with Gasteiger partial charge in [-0.2, -0.15) is 0 Å². The summed E-state index contributed by atoms with van der Waals surface area (Å²) in [5, 5.41) is 18.2. The van der Waals surface area contributed by atoms with E-state index in [1.165, 1.54) is 17.3 Å². The lowest BCUT2D eigenvalue weighted by atomic mass is 10.1. The monoisotopic (exact) mass is 396 g/mol. The van der Waals surface area contributed by atoms with Crippen molar-refractivity contribution in [3.8, 4) is 5.69 Å². The smallest absolute Gasteiger partial charge is 0.233 e. The number of aliphatic hydroxyl groups is 1. The predicted octanol–water partition coefficient (Wildman–Crippen LogP) is 2.94. The maximum Gasteiger partial charge on any atom is 0.233 e. The molecule has 0 atom stereocenters. The summed E-state index contributed by atoms with van der Waals surface area (Å²) >= 11 is 1.36. The largest absolute Gasteiger partial charge is 0.395 e. The Balaban J connectivity index is 1.69. The molecule has 0 spiro atoms. The van der Waals surface area contributed by atoms with E-state index >= 15 is 0 Å². The molecule has 1 N–H and O–H groups in total. The Morgan fingerprint density at radius 3 is 2.64 bits per heavy atom. The molecule has 2 aromatic carbocycles. The van der Waals surface area contributed by atoms with E-state index < -0.39 is 0 Å². The third-order valence-corrected chi connectivity index (χ3v) is 5.34. The fraction of sp³-hybridized carbons (Fsp3) is 0.286. The molecule has 0 saturated carbocycles. The number of hydrogen-bond acceptors (Lipinski definition) is 5. The van der Waals surface area contributed by atoms with Gasteiger partial charge in [-0.3, -0.25) is 9.36 Å². The first-order valence-electron chi connectivity index (χ1n) is 9.26. The second kappa shape index (κ2) is 10.1. The highest BCUT2D eigenvalue weighted by Gasteiger charge is 2.17. The van der Waals surface area contributed by atoms with E-state index in [9.17, 15) is 9.90 Å². The van der Waals surface area contributed by atoms with Gasteiger partial charge in [0.05, 0.1) is 18.0 Å². The first kappa shape index (κ1) is 20.1. The normalized spacial score (nSPS) is 10.8. The van der Waals surface area contributed by atoms with Crippen molar-refractivity contribution in [2.45, 2.75) is 25.0 Å². The summed E-state index contributed by atoms with van der Waals surface area (Å²) < 4.78 is 1.92. The molecular weight excluding hydrogens is 372 g/mol. The zero-order chi connectivity index (χ0) is 19.8. The number of aryl methyl sites for hydroxylation is 1. The highest BCUT2D eigenvalue weighted by molar-refractivity contribution is 7.99. The number of nitrogens with zero attached hydrogens (tertiary/aromatic N) is 4. The fourth-order valence-corrected chi connectivity index (χ4v) is 3.79. The molecule has 28 heavy (non-hydrogen) atoms. The number of aliphatic hydroxyl groups excluding tert-OH is 1. The Hall–Kier alpha value is -2.64. The number of aromatic nitrogens is 3. The van der Waals surface area contributed by atoms with Gasteiger partial charge in [-0.25, -0.2) is 0 Å². The van der Waals surface area contributed by atoms with Crippen molar-refractivity contribution in [2.75, 3.05) is 18.9 Å². The van der Waals surface area contributed by atoms with Gasteiger partial charge in [0.2, 0.25) is 5.91 Å². The molecule has 0 aliphatic rings. The minimum absolute atomic E-state index is 0.0405. The van der Waals surface area contributed by atoms with Crippen LogP contribution in [0.15, 0.2) is 66.1 Å². The molecule has 3 aromatic rings. The number of thioether (sulfide) groups is 1. The quantitative estimate of drug-likeness (QED) is 0.563. The minimum atomic E-state index is -0.0662. The van der Waals surface area contributed by atoms with Gasteiger partial charge >= 0.3 is 0 Å². The summed E-state index contributed by atoms with van der Waals surface area (Å²) in [5.41, 5.74) is 3.26. The zero-order valence-electron chi connectivity index (χ0n) is 15.9. The highest BCUT2D eigenvalue weighted by Crippen LogP contribution is 2.23. The Morgan fingerprint density at radius 2 is 1.89 bits per heavy atom. The van der Waals surface area contributed by atoms with Gasteiger partial charge in [0.25, 0.3) is 0 Å². The minimum Gasteiger partial charge on any atom is -0.395 e. The second-order valence-electron chi connectivity index (χ2n) is 6.28. The van der Waals surface area contributed by atoms with Gasteiger partial charge in [0.15, 0.2) is 5.16 Å².